The number of carbonyl (C=O) groups excluding carboxylic acids is 2. The van der Waals surface area contributed by atoms with Gasteiger partial charge in [-0.05, 0) is 36.2 Å². The van der Waals surface area contributed by atoms with Crippen molar-refractivity contribution in [1.82, 2.24) is 35.0 Å². The highest BCUT2D eigenvalue weighted by molar-refractivity contribution is 5.92. The molecule has 0 spiro atoms. The number of nitrogens with zero attached hydrogens (tertiary/aromatic N) is 6. The third-order valence-corrected chi connectivity index (χ3v) is 6.42. The van der Waals surface area contributed by atoms with E-state index < -0.39 is 12.5 Å². The first-order chi connectivity index (χ1) is 17.7. The van der Waals surface area contributed by atoms with Gasteiger partial charge in [0.05, 0.1) is 18.8 Å². The maximum Gasteiger partial charge on any atom is 0.573 e. The molecule has 1 N–H and O–H groups in total. The Morgan fingerprint density at radius 2 is 1.89 bits per heavy atom. The number of halogens is 3. The third-order valence-electron chi connectivity index (χ3n) is 6.42. The molecule has 0 radical (unpaired) electrons. The maximum atomic E-state index is 13.0. The highest BCUT2D eigenvalue weighted by atomic mass is 19.4. The number of H-pyrrole nitrogens is 1. The molecule has 5 rings (SSSR count). The molecule has 2 aliphatic heterocycles. The molecule has 0 fully saturated rings. The summed E-state index contributed by atoms with van der Waals surface area (Å²) in [7, 11) is 0. The molecular formula is C23H24F3N7O4. The molecule has 2 amide bonds. The Balaban J connectivity index is 1.15. The Morgan fingerprint density at radius 1 is 1.08 bits per heavy atom. The maximum absolute atomic E-state index is 13.0. The minimum Gasteiger partial charge on any atom is -0.445 e. The van der Waals surface area contributed by atoms with Crippen LogP contribution in [0.1, 0.15) is 38.7 Å². The van der Waals surface area contributed by atoms with Crippen molar-refractivity contribution >= 4 is 12.0 Å². The Morgan fingerprint density at radius 3 is 2.68 bits per heavy atom. The zero-order valence-electron chi connectivity index (χ0n) is 19.9. The van der Waals surface area contributed by atoms with Gasteiger partial charge < -0.3 is 19.3 Å². The summed E-state index contributed by atoms with van der Waals surface area (Å²) in [6, 6.07) is 5.62. The zero-order valence-corrected chi connectivity index (χ0v) is 19.9. The lowest BCUT2D eigenvalue weighted by atomic mass is 10.1. The molecule has 0 aliphatic carbocycles. The van der Waals surface area contributed by atoms with Crippen LogP contribution < -0.4 is 4.74 Å². The first kappa shape index (κ1) is 24.6. The monoisotopic (exact) mass is 519 g/mol. The normalized spacial score (nSPS) is 15.6. The van der Waals surface area contributed by atoms with Crippen LogP contribution in [0.4, 0.5) is 18.0 Å². The van der Waals surface area contributed by atoms with Crippen LogP contribution in [0.3, 0.4) is 0 Å². The van der Waals surface area contributed by atoms with Crippen molar-refractivity contribution in [3.05, 3.63) is 58.2 Å². The van der Waals surface area contributed by atoms with Gasteiger partial charge in [-0.3, -0.25) is 14.6 Å². The van der Waals surface area contributed by atoms with Crippen LogP contribution in [0.25, 0.3) is 0 Å². The van der Waals surface area contributed by atoms with Gasteiger partial charge in [0, 0.05) is 38.2 Å². The fourth-order valence-corrected chi connectivity index (χ4v) is 4.41. The standard InChI is InChI=1S/C23H24F3N7O4/c1-14-10-17(37-23(24,25)26)3-2-15(14)13-36-22(35)31-6-4-16-11-19(29-33(16)9-8-31)21(34)32-7-5-18-20(12-32)28-30-27-18/h2-3,10-11H,4-9,12-13H2,1H3,(H,27,28,30). The van der Waals surface area contributed by atoms with Gasteiger partial charge in [0.15, 0.2) is 5.69 Å². The summed E-state index contributed by atoms with van der Waals surface area (Å²) in [5, 5.41) is 15.1. The van der Waals surface area contributed by atoms with E-state index in [0.29, 0.717) is 62.4 Å². The van der Waals surface area contributed by atoms with E-state index in [0.717, 1.165) is 17.1 Å². The van der Waals surface area contributed by atoms with E-state index in [-0.39, 0.29) is 18.3 Å². The van der Waals surface area contributed by atoms with Crippen molar-refractivity contribution in [2.45, 2.75) is 45.8 Å². The van der Waals surface area contributed by atoms with Crippen molar-refractivity contribution < 1.29 is 32.2 Å². The predicted octanol–water partition coefficient (Wildman–Crippen LogP) is 2.60. The number of fused-ring (bicyclic) bond motifs is 2. The number of carbonyl (C=O) groups is 2. The van der Waals surface area contributed by atoms with Crippen LogP contribution in [0.15, 0.2) is 24.3 Å². The number of ether oxygens (including phenoxy) is 2. The molecule has 14 heteroatoms. The van der Waals surface area contributed by atoms with Crippen molar-refractivity contribution in [2.75, 3.05) is 19.6 Å². The number of nitrogens with one attached hydrogen (secondary N) is 1. The predicted molar refractivity (Wildman–Crippen MR) is 120 cm³/mol. The van der Waals surface area contributed by atoms with E-state index in [9.17, 15) is 22.8 Å². The average Bonchev–Trinajstić information content (AvgIpc) is 3.44. The second kappa shape index (κ2) is 9.75. The molecule has 0 unspecified atom stereocenters. The van der Waals surface area contributed by atoms with E-state index in [2.05, 4.69) is 25.2 Å². The van der Waals surface area contributed by atoms with Gasteiger partial charge in [0.2, 0.25) is 0 Å². The Kier molecular flexibility index (Phi) is 6.48. The van der Waals surface area contributed by atoms with Gasteiger partial charge in [0.1, 0.15) is 18.1 Å². The first-order valence-electron chi connectivity index (χ1n) is 11.7. The second-order valence-corrected chi connectivity index (χ2v) is 8.89. The number of amides is 2. The lowest BCUT2D eigenvalue weighted by Crippen LogP contribution is -2.36. The van der Waals surface area contributed by atoms with Crippen molar-refractivity contribution in [1.29, 1.82) is 0 Å². The number of benzene rings is 1. The first-order valence-corrected chi connectivity index (χ1v) is 11.7. The molecule has 0 saturated carbocycles. The molecule has 0 atom stereocenters. The number of alkyl halides is 3. The fourth-order valence-electron chi connectivity index (χ4n) is 4.41. The second-order valence-electron chi connectivity index (χ2n) is 8.89. The van der Waals surface area contributed by atoms with Gasteiger partial charge in [-0.1, -0.05) is 11.3 Å². The largest absolute Gasteiger partial charge is 0.573 e. The van der Waals surface area contributed by atoms with Gasteiger partial charge >= 0.3 is 12.5 Å². The number of hydrogen-bond donors (Lipinski definition) is 1. The van der Waals surface area contributed by atoms with Gasteiger partial charge in [-0.15, -0.1) is 18.3 Å². The summed E-state index contributed by atoms with van der Waals surface area (Å²) in [5.74, 6) is -0.504. The molecule has 37 heavy (non-hydrogen) atoms. The Labute approximate surface area is 209 Å². The number of aromatic nitrogens is 5. The van der Waals surface area contributed by atoms with Crippen LogP contribution in [0, 0.1) is 6.92 Å². The fraction of sp³-hybridized carbons (Fsp3) is 0.435. The minimum absolute atomic E-state index is 0.0836. The lowest BCUT2D eigenvalue weighted by Gasteiger charge is -2.24. The minimum atomic E-state index is -4.77. The van der Waals surface area contributed by atoms with Crippen LogP contribution in [-0.2, 0) is 37.3 Å². The summed E-state index contributed by atoms with van der Waals surface area (Å²) < 4.78 is 48.2. The number of aryl methyl sites for hydroxylation is 1. The van der Waals surface area contributed by atoms with Gasteiger partial charge in [-0.2, -0.15) is 5.10 Å². The summed E-state index contributed by atoms with van der Waals surface area (Å²) in [4.78, 5) is 28.9. The topological polar surface area (TPSA) is 118 Å². The zero-order chi connectivity index (χ0) is 26.2. The molecule has 1 aromatic carbocycles. The SMILES string of the molecule is Cc1cc(OC(F)(F)F)ccc1COC(=O)N1CCc2cc(C(=O)N3CCc4[nH]nnc4C3)nn2CC1. The van der Waals surface area contributed by atoms with E-state index in [1.807, 2.05) is 0 Å². The van der Waals surface area contributed by atoms with E-state index in [1.165, 1.54) is 18.2 Å². The molecule has 11 nitrogen and oxygen atoms in total. The summed E-state index contributed by atoms with van der Waals surface area (Å²) in [5.41, 5.74) is 3.98. The average molecular weight is 519 g/mol. The van der Waals surface area contributed by atoms with Crippen LogP contribution in [0.5, 0.6) is 5.75 Å². The van der Waals surface area contributed by atoms with Crippen molar-refractivity contribution in [3.8, 4) is 5.75 Å². The Hall–Kier alpha value is -4.10. The molecule has 0 bridgehead atoms. The van der Waals surface area contributed by atoms with Crippen LogP contribution >= 0.6 is 0 Å². The Bertz CT molecular complexity index is 1290. The highest BCUT2D eigenvalue weighted by Gasteiger charge is 2.31. The van der Waals surface area contributed by atoms with Crippen LogP contribution in [-0.4, -0.2) is 73.0 Å². The summed E-state index contributed by atoms with van der Waals surface area (Å²) >= 11 is 0. The van der Waals surface area contributed by atoms with E-state index >= 15 is 0 Å². The highest BCUT2D eigenvalue weighted by Crippen LogP contribution is 2.25. The molecule has 196 valence electrons. The summed E-state index contributed by atoms with van der Waals surface area (Å²) in [6.07, 6.45) is -4.16. The molecule has 4 heterocycles. The smallest absolute Gasteiger partial charge is 0.445 e. The van der Waals surface area contributed by atoms with Gasteiger partial charge in [0.25, 0.3) is 5.91 Å². The van der Waals surface area contributed by atoms with Gasteiger partial charge in [-0.25, -0.2) is 4.79 Å². The lowest BCUT2D eigenvalue weighted by molar-refractivity contribution is -0.274. The number of hydrogen-bond acceptors (Lipinski definition) is 7. The van der Waals surface area contributed by atoms with Crippen LogP contribution in [0.2, 0.25) is 0 Å². The van der Waals surface area contributed by atoms with E-state index in [1.54, 1.807) is 27.5 Å². The molecule has 2 aromatic heterocycles. The molecule has 0 saturated heterocycles. The molecule has 3 aromatic rings. The van der Waals surface area contributed by atoms with Crippen molar-refractivity contribution in [2.24, 2.45) is 0 Å². The molecule has 2 aliphatic rings. The quantitative estimate of drug-likeness (QED) is 0.563. The third kappa shape index (κ3) is 5.52. The number of rotatable bonds is 4. The van der Waals surface area contributed by atoms with Crippen molar-refractivity contribution in [3.63, 3.8) is 0 Å². The molecular weight excluding hydrogens is 495 g/mol. The summed E-state index contributed by atoms with van der Waals surface area (Å²) in [6.45, 7) is 3.57. The van der Waals surface area contributed by atoms with E-state index in [4.69, 9.17) is 4.74 Å². The number of aromatic amines is 1.